The molecule has 0 saturated heterocycles. The number of nitrogens with one attached hydrogen (secondary N) is 3. The molecule has 142 valence electrons. The average Bonchev–Trinajstić information content (AvgIpc) is 3.00. The number of hydroxylamine groups is 1. The number of carbonyl (C=O) groups is 2. The molecular weight excluding hydrogens is 334 g/mol. The minimum Gasteiger partial charge on any atom is -0.497 e. The van der Waals surface area contributed by atoms with Gasteiger partial charge in [0.15, 0.2) is 0 Å². The van der Waals surface area contributed by atoms with Gasteiger partial charge in [0.2, 0.25) is 5.91 Å². The van der Waals surface area contributed by atoms with Gasteiger partial charge in [0.05, 0.1) is 12.5 Å². The molecule has 26 heavy (non-hydrogen) atoms. The Kier molecular flexibility index (Phi) is 6.63. The van der Waals surface area contributed by atoms with Gasteiger partial charge in [-0.3, -0.25) is 4.79 Å². The van der Waals surface area contributed by atoms with Crippen molar-refractivity contribution in [2.75, 3.05) is 20.2 Å². The van der Waals surface area contributed by atoms with Crippen molar-refractivity contribution < 1.29 is 19.2 Å². The van der Waals surface area contributed by atoms with E-state index in [2.05, 4.69) is 15.8 Å². The topological polar surface area (TPSA) is 92.4 Å². The van der Waals surface area contributed by atoms with Crippen LogP contribution in [0.5, 0.6) is 5.75 Å². The third kappa shape index (κ3) is 5.49. The summed E-state index contributed by atoms with van der Waals surface area (Å²) in [5.41, 5.74) is 4.12. The molecule has 1 heterocycles. The molecule has 0 aliphatic carbocycles. The van der Waals surface area contributed by atoms with E-state index < -0.39 is 5.41 Å². The maximum absolute atomic E-state index is 11.9. The van der Waals surface area contributed by atoms with Crippen LogP contribution in [0.25, 0.3) is 10.9 Å². The zero-order valence-electron chi connectivity index (χ0n) is 15.8. The number of aromatic amines is 1. The standard InChI is InChI=1S/C19H27N3O4/c1-19(2,3)18(24)26-22-10-8-17(23)20-9-7-13-12-21-16-6-5-14(25-4)11-15(13)16/h5-6,11-12,21-22H,7-10H2,1-4H3,(H,20,23). The number of hydrogen-bond acceptors (Lipinski definition) is 5. The fourth-order valence-corrected chi connectivity index (χ4v) is 2.35. The number of carbonyl (C=O) groups excluding carboxylic acids is 2. The second-order valence-electron chi connectivity index (χ2n) is 7.11. The smallest absolute Gasteiger partial charge is 0.329 e. The molecule has 0 bridgehead atoms. The number of amides is 1. The van der Waals surface area contributed by atoms with Crippen molar-refractivity contribution in [3.05, 3.63) is 30.0 Å². The van der Waals surface area contributed by atoms with E-state index in [9.17, 15) is 9.59 Å². The molecule has 0 aliphatic heterocycles. The number of H-pyrrole nitrogens is 1. The van der Waals surface area contributed by atoms with Crippen molar-refractivity contribution >= 4 is 22.8 Å². The van der Waals surface area contributed by atoms with Crippen LogP contribution in [0.15, 0.2) is 24.4 Å². The van der Waals surface area contributed by atoms with Crippen LogP contribution in [0.4, 0.5) is 0 Å². The summed E-state index contributed by atoms with van der Waals surface area (Å²) in [5, 5.41) is 3.96. The second-order valence-corrected chi connectivity index (χ2v) is 7.11. The zero-order chi connectivity index (χ0) is 19.2. The van der Waals surface area contributed by atoms with Crippen molar-refractivity contribution in [1.82, 2.24) is 15.8 Å². The lowest BCUT2D eigenvalue weighted by molar-refractivity contribution is -0.161. The summed E-state index contributed by atoms with van der Waals surface area (Å²) in [6.45, 7) is 6.11. The summed E-state index contributed by atoms with van der Waals surface area (Å²) in [6, 6.07) is 5.86. The lowest BCUT2D eigenvalue weighted by Gasteiger charge is -2.16. The fraction of sp³-hybridized carbons (Fsp3) is 0.474. The van der Waals surface area contributed by atoms with E-state index in [-0.39, 0.29) is 24.8 Å². The highest BCUT2D eigenvalue weighted by Gasteiger charge is 2.23. The molecule has 7 nitrogen and oxygen atoms in total. The zero-order valence-corrected chi connectivity index (χ0v) is 15.8. The number of ether oxygens (including phenoxy) is 1. The SMILES string of the molecule is COc1ccc2[nH]cc(CCNC(=O)CCNOC(=O)C(C)(C)C)c2c1. The highest BCUT2D eigenvalue weighted by atomic mass is 16.7. The van der Waals surface area contributed by atoms with Crippen LogP contribution in [0, 0.1) is 5.41 Å². The predicted octanol–water partition coefficient (Wildman–Crippen LogP) is 2.32. The monoisotopic (exact) mass is 361 g/mol. The normalized spacial score (nSPS) is 11.4. The Morgan fingerprint density at radius 3 is 2.65 bits per heavy atom. The van der Waals surface area contributed by atoms with Gasteiger partial charge in [0, 0.05) is 36.6 Å². The number of aromatic nitrogens is 1. The molecule has 0 saturated carbocycles. The summed E-state index contributed by atoms with van der Waals surface area (Å²) >= 11 is 0. The summed E-state index contributed by atoms with van der Waals surface area (Å²) in [7, 11) is 1.64. The van der Waals surface area contributed by atoms with E-state index in [1.54, 1.807) is 27.9 Å². The molecule has 2 aromatic rings. The average molecular weight is 361 g/mol. The molecule has 0 unspecified atom stereocenters. The number of benzene rings is 1. The molecule has 0 radical (unpaired) electrons. The van der Waals surface area contributed by atoms with Crippen LogP contribution in [0.1, 0.15) is 32.8 Å². The molecule has 0 spiro atoms. The Bertz CT molecular complexity index is 762. The van der Waals surface area contributed by atoms with Gasteiger partial charge in [-0.05, 0) is 51.0 Å². The van der Waals surface area contributed by atoms with Crippen LogP contribution >= 0.6 is 0 Å². The summed E-state index contributed by atoms with van der Waals surface area (Å²) in [5.74, 6) is 0.354. The molecule has 2 rings (SSSR count). The quantitative estimate of drug-likeness (QED) is 0.496. The fourth-order valence-electron chi connectivity index (χ4n) is 2.35. The first-order valence-electron chi connectivity index (χ1n) is 8.66. The van der Waals surface area contributed by atoms with Crippen molar-refractivity contribution in [3.8, 4) is 5.75 Å². The van der Waals surface area contributed by atoms with Crippen LogP contribution in [0.3, 0.4) is 0 Å². The Morgan fingerprint density at radius 2 is 1.96 bits per heavy atom. The van der Waals surface area contributed by atoms with Gasteiger partial charge < -0.3 is 19.9 Å². The van der Waals surface area contributed by atoms with Crippen molar-refractivity contribution in [3.63, 3.8) is 0 Å². The van der Waals surface area contributed by atoms with E-state index in [1.807, 2.05) is 24.4 Å². The largest absolute Gasteiger partial charge is 0.497 e. The van der Waals surface area contributed by atoms with E-state index >= 15 is 0 Å². The Labute approximate surface area is 153 Å². The van der Waals surface area contributed by atoms with E-state index in [0.29, 0.717) is 13.0 Å². The molecule has 0 fully saturated rings. The Balaban J connectivity index is 1.71. The molecule has 1 aromatic heterocycles. The van der Waals surface area contributed by atoms with Crippen LogP contribution in [-0.2, 0) is 20.8 Å². The highest BCUT2D eigenvalue weighted by molar-refractivity contribution is 5.84. The first-order valence-corrected chi connectivity index (χ1v) is 8.66. The van der Waals surface area contributed by atoms with Crippen LogP contribution < -0.4 is 15.5 Å². The number of fused-ring (bicyclic) bond motifs is 1. The maximum atomic E-state index is 11.9. The number of hydrogen-bond donors (Lipinski definition) is 3. The lowest BCUT2D eigenvalue weighted by atomic mass is 9.98. The third-order valence-electron chi connectivity index (χ3n) is 3.92. The molecule has 7 heteroatoms. The van der Waals surface area contributed by atoms with Crippen molar-refractivity contribution in [1.29, 1.82) is 0 Å². The Morgan fingerprint density at radius 1 is 1.19 bits per heavy atom. The van der Waals surface area contributed by atoms with Gasteiger partial charge in [-0.1, -0.05) is 0 Å². The minimum absolute atomic E-state index is 0.0956. The number of rotatable bonds is 8. The molecule has 1 amide bonds. The predicted molar refractivity (Wildman–Crippen MR) is 99.7 cm³/mol. The van der Waals surface area contributed by atoms with Gasteiger partial charge in [0.25, 0.3) is 0 Å². The molecular formula is C19H27N3O4. The summed E-state index contributed by atoms with van der Waals surface area (Å²) < 4.78 is 5.26. The van der Waals surface area contributed by atoms with Gasteiger partial charge >= 0.3 is 5.97 Å². The lowest BCUT2D eigenvalue weighted by Crippen LogP contribution is -2.33. The third-order valence-corrected chi connectivity index (χ3v) is 3.92. The summed E-state index contributed by atoms with van der Waals surface area (Å²) in [4.78, 5) is 31.5. The number of methoxy groups -OCH3 is 1. The van der Waals surface area contributed by atoms with Gasteiger partial charge in [-0.15, -0.1) is 0 Å². The van der Waals surface area contributed by atoms with E-state index in [0.717, 1.165) is 22.2 Å². The first kappa shape index (κ1) is 19.8. The van der Waals surface area contributed by atoms with Crippen LogP contribution in [0.2, 0.25) is 0 Å². The van der Waals surface area contributed by atoms with Gasteiger partial charge in [-0.25, -0.2) is 4.79 Å². The van der Waals surface area contributed by atoms with Crippen molar-refractivity contribution in [2.45, 2.75) is 33.6 Å². The first-order chi connectivity index (χ1) is 12.3. The molecule has 3 N–H and O–H groups in total. The molecule has 1 aromatic carbocycles. The highest BCUT2D eigenvalue weighted by Crippen LogP contribution is 2.23. The van der Waals surface area contributed by atoms with Gasteiger partial charge in [0.1, 0.15) is 5.75 Å². The molecule has 0 atom stereocenters. The van der Waals surface area contributed by atoms with Crippen molar-refractivity contribution in [2.24, 2.45) is 5.41 Å². The summed E-state index contributed by atoms with van der Waals surface area (Å²) in [6.07, 6.45) is 2.90. The van der Waals surface area contributed by atoms with Gasteiger partial charge in [-0.2, -0.15) is 5.48 Å². The minimum atomic E-state index is -0.572. The molecule has 0 aliphatic rings. The van der Waals surface area contributed by atoms with Crippen LogP contribution in [-0.4, -0.2) is 37.1 Å². The van der Waals surface area contributed by atoms with E-state index in [1.165, 1.54) is 0 Å². The van der Waals surface area contributed by atoms with E-state index in [4.69, 9.17) is 9.57 Å². The maximum Gasteiger partial charge on any atom is 0.329 e. The Hall–Kier alpha value is -2.54. The second kappa shape index (κ2) is 8.71.